The number of hydrogen-bond donors (Lipinski definition) is 1. The first-order chi connectivity index (χ1) is 15.3. The highest BCUT2D eigenvalue weighted by atomic mass is 16.5. The van der Waals surface area contributed by atoms with E-state index >= 15 is 0 Å². The summed E-state index contributed by atoms with van der Waals surface area (Å²) in [6.45, 7) is 14.2. The Morgan fingerprint density at radius 3 is 2.59 bits per heavy atom. The highest BCUT2D eigenvalue weighted by Gasteiger charge is 2.27. The minimum absolute atomic E-state index is 0.00799. The molecule has 0 radical (unpaired) electrons. The van der Waals surface area contributed by atoms with Crippen molar-refractivity contribution in [3.63, 3.8) is 0 Å². The average Bonchev–Trinajstić information content (AvgIpc) is 3.19. The van der Waals surface area contributed by atoms with Gasteiger partial charge in [-0.05, 0) is 86.2 Å². The highest BCUT2D eigenvalue weighted by Crippen LogP contribution is 2.37. The van der Waals surface area contributed by atoms with Gasteiger partial charge in [0.1, 0.15) is 5.75 Å². The van der Waals surface area contributed by atoms with Gasteiger partial charge in [-0.2, -0.15) is 0 Å². The van der Waals surface area contributed by atoms with Gasteiger partial charge in [-0.25, -0.2) is 0 Å². The van der Waals surface area contributed by atoms with Crippen LogP contribution in [0.5, 0.6) is 5.75 Å². The van der Waals surface area contributed by atoms with Crippen molar-refractivity contribution in [2.75, 3.05) is 12.4 Å². The summed E-state index contributed by atoms with van der Waals surface area (Å²) in [4.78, 5) is 16.6. The van der Waals surface area contributed by atoms with Crippen molar-refractivity contribution in [3.05, 3.63) is 88.8 Å². The largest absolute Gasteiger partial charge is 0.496 e. The van der Waals surface area contributed by atoms with Gasteiger partial charge in [0.05, 0.1) is 18.5 Å². The summed E-state index contributed by atoms with van der Waals surface area (Å²) in [6.07, 6.45) is 6.94. The highest BCUT2D eigenvalue weighted by molar-refractivity contribution is 6.13. The Bertz CT molecular complexity index is 1150. The lowest BCUT2D eigenvalue weighted by Gasteiger charge is -2.20. The summed E-state index contributed by atoms with van der Waals surface area (Å²) in [5, 5.41) is 3.41. The maximum absolute atomic E-state index is 11.9. The fourth-order valence-electron chi connectivity index (χ4n) is 4.21. The molecule has 1 aliphatic heterocycles. The predicted molar refractivity (Wildman–Crippen MR) is 135 cm³/mol. The van der Waals surface area contributed by atoms with Gasteiger partial charge in [-0.3, -0.25) is 9.79 Å². The van der Waals surface area contributed by atoms with Crippen molar-refractivity contribution in [3.8, 4) is 5.75 Å². The molecule has 3 rings (SSSR count). The molecule has 1 N–H and O–H groups in total. The van der Waals surface area contributed by atoms with E-state index in [1.807, 2.05) is 37.4 Å². The van der Waals surface area contributed by atoms with Crippen LogP contribution >= 0.6 is 0 Å². The fourth-order valence-corrected chi connectivity index (χ4v) is 4.21. The molecule has 0 amide bonds. The van der Waals surface area contributed by atoms with Crippen LogP contribution in [0, 0.1) is 19.8 Å². The van der Waals surface area contributed by atoms with E-state index in [1.54, 1.807) is 14.0 Å². The number of aliphatic imine (C=N–C) groups is 1. The number of aryl methyl sites for hydroxylation is 1. The quantitative estimate of drug-likeness (QED) is 0.376. The number of anilines is 1. The standard InChI is InChI=1S/C28H32N2O2/c1-8-10-25-26(23-13-14-27(32-7)18(4)17(23)3)16-29-28(25)19(5)30-22-11-12-24(20(6)31)21(9-2)15-22/h8,10-16,25,30H,5,9H2,1-4,6-7H3/b10-8-. The number of hydrogen-bond acceptors (Lipinski definition) is 4. The molecule has 0 aliphatic carbocycles. The van der Waals surface area contributed by atoms with Crippen LogP contribution < -0.4 is 10.1 Å². The van der Waals surface area contributed by atoms with Crippen molar-refractivity contribution in [2.45, 2.75) is 41.0 Å². The number of carbonyl (C=O) groups excluding carboxylic acids is 1. The zero-order valence-electron chi connectivity index (χ0n) is 19.9. The van der Waals surface area contributed by atoms with E-state index in [1.165, 1.54) is 5.56 Å². The Hall–Kier alpha value is -3.40. The molecule has 1 aliphatic rings. The van der Waals surface area contributed by atoms with Crippen LogP contribution in [-0.4, -0.2) is 18.6 Å². The van der Waals surface area contributed by atoms with Crippen LogP contribution in [0.15, 0.2) is 66.0 Å². The average molecular weight is 429 g/mol. The van der Waals surface area contributed by atoms with Crippen molar-refractivity contribution in [2.24, 2.45) is 10.9 Å². The van der Waals surface area contributed by atoms with Crippen LogP contribution in [0.3, 0.4) is 0 Å². The first kappa shape index (κ1) is 23.3. The molecule has 2 aromatic rings. The number of nitrogens with zero attached hydrogens (tertiary/aromatic N) is 1. The Morgan fingerprint density at radius 2 is 1.97 bits per heavy atom. The molecule has 4 nitrogen and oxygen atoms in total. The topological polar surface area (TPSA) is 50.7 Å². The first-order valence-electron chi connectivity index (χ1n) is 11.0. The van der Waals surface area contributed by atoms with E-state index in [0.29, 0.717) is 0 Å². The van der Waals surface area contributed by atoms with Crippen LogP contribution in [0.4, 0.5) is 5.69 Å². The molecule has 32 heavy (non-hydrogen) atoms. The van der Waals surface area contributed by atoms with Gasteiger partial charge in [0.2, 0.25) is 0 Å². The predicted octanol–water partition coefficient (Wildman–Crippen LogP) is 6.69. The molecule has 0 saturated carbocycles. The second-order valence-electron chi connectivity index (χ2n) is 8.05. The summed E-state index contributed by atoms with van der Waals surface area (Å²) in [5.41, 5.74) is 8.96. The minimum Gasteiger partial charge on any atom is -0.496 e. The number of allylic oxidation sites excluding steroid dienone is 4. The molecule has 0 aromatic heterocycles. The summed E-state index contributed by atoms with van der Waals surface area (Å²) < 4.78 is 5.48. The zero-order chi connectivity index (χ0) is 23.4. The number of carbonyl (C=O) groups is 1. The molecule has 166 valence electrons. The lowest BCUT2D eigenvalue weighted by Crippen LogP contribution is -2.18. The van der Waals surface area contributed by atoms with Crippen molar-refractivity contribution < 1.29 is 9.53 Å². The Kier molecular flexibility index (Phi) is 7.14. The maximum Gasteiger partial charge on any atom is 0.160 e. The van der Waals surface area contributed by atoms with Gasteiger partial charge in [0.25, 0.3) is 0 Å². The molecule has 1 heterocycles. The zero-order valence-corrected chi connectivity index (χ0v) is 19.9. The van der Waals surface area contributed by atoms with Crippen LogP contribution in [0.2, 0.25) is 0 Å². The number of ether oxygens (including phenoxy) is 1. The van der Waals surface area contributed by atoms with Crippen LogP contribution in [0.25, 0.3) is 5.57 Å². The third-order valence-corrected chi connectivity index (χ3v) is 6.10. The van der Waals surface area contributed by atoms with Gasteiger partial charge >= 0.3 is 0 Å². The number of rotatable bonds is 8. The van der Waals surface area contributed by atoms with Gasteiger partial charge in [0, 0.05) is 23.4 Å². The molecule has 0 fully saturated rings. The summed E-state index contributed by atoms with van der Waals surface area (Å²) >= 11 is 0. The fraction of sp³-hybridized carbons (Fsp3) is 0.286. The van der Waals surface area contributed by atoms with E-state index in [0.717, 1.165) is 57.1 Å². The van der Waals surface area contributed by atoms with E-state index in [2.05, 4.69) is 50.9 Å². The molecule has 1 unspecified atom stereocenters. The normalized spacial score (nSPS) is 15.5. The third-order valence-electron chi connectivity index (χ3n) is 6.10. The van der Waals surface area contributed by atoms with Gasteiger partial charge < -0.3 is 10.1 Å². The molecule has 0 bridgehead atoms. The number of Topliss-reactive ketones (excluding diaryl/α,β-unsaturated/α-hetero) is 1. The van der Waals surface area contributed by atoms with E-state index in [-0.39, 0.29) is 11.7 Å². The number of nitrogens with one attached hydrogen (secondary N) is 1. The maximum atomic E-state index is 11.9. The smallest absolute Gasteiger partial charge is 0.160 e. The molecular formula is C28H32N2O2. The molecule has 0 saturated heterocycles. The molecular weight excluding hydrogens is 396 g/mol. The van der Waals surface area contributed by atoms with Gasteiger partial charge in [0.15, 0.2) is 5.78 Å². The SMILES string of the molecule is C=C(Nc1ccc(C(C)=O)c(CC)c1)C1=NC=C(c2ccc(OC)c(C)c2C)C1/C=C\C. The summed E-state index contributed by atoms with van der Waals surface area (Å²) in [7, 11) is 1.70. The van der Waals surface area contributed by atoms with Crippen LogP contribution in [0.1, 0.15) is 53.4 Å². The summed E-state index contributed by atoms with van der Waals surface area (Å²) in [5.74, 6) is 0.980. The lowest BCUT2D eigenvalue weighted by molar-refractivity contribution is 0.101. The number of methoxy groups -OCH3 is 1. The number of benzene rings is 2. The Balaban J connectivity index is 1.88. The lowest BCUT2D eigenvalue weighted by atomic mass is 9.86. The van der Waals surface area contributed by atoms with Crippen molar-refractivity contribution >= 4 is 22.8 Å². The molecule has 2 aromatic carbocycles. The summed E-state index contributed by atoms with van der Waals surface area (Å²) in [6, 6.07) is 9.94. The van der Waals surface area contributed by atoms with Gasteiger partial charge in [-0.1, -0.05) is 31.7 Å². The Morgan fingerprint density at radius 1 is 1.22 bits per heavy atom. The Labute approximate surface area is 191 Å². The minimum atomic E-state index is 0.00799. The second kappa shape index (κ2) is 9.82. The van der Waals surface area contributed by atoms with Crippen molar-refractivity contribution in [1.82, 2.24) is 0 Å². The third kappa shape index (κ3) is 4.45. The van der Waals surface area contributed by atoms with E-state index in [9.17, 15) is 4.79 Å². The monoisotopic (exact) mass is 428 g/mol. The van der Waals surface area contributed by atoms with E-state index < -0.39 is 0 Å². The molecule has 4 heteroatoms. The molecule has 1 atom stereocenters. The van der Waals surface area contributed by atoms with Gasteiger partial charge in [-0.15, -0.1) is 0 Å². The van der Waals surface area contributed by atoms with Crippen molar-refractivity contribution in [1.29, 1.82) is 0 Å². The molecule has 0 spiro atoms. The number of ketones is 1. The second-order valence-corrected chi connectivity index (χ2v) is 8.05. The van der Waals surface area contributed by atoms with Crippen LogP contribution in [-0.2, 0) is 6.42 Å². The van der Waals surface area contributed by atoms with E-state index in [4.69, 9.17) is 9.73 Å². The first-order valence-corrected chi connectivity index (χ1v) is 11.0.